The van der Waals surface area contributed by atoms with Crippen LogP contribution in [0.5, 0.6) is 0 Å². The van der Waals surface area contributed by atoms with Crippen LogP contribution in [0.2, 0.25) is 0 Å². The van der Waals surface area contributed by atoms with Crippen molar-refractivity contribution in [3.63, 3.8) is 0 Å². The van der Waals surface area contributed by atoms with Gasteiger partial charge < -0.3 is 9.97 Å². The van der Waals surface area contributed by atoms with E-state index in [0.717, 1.165) is 32.9 Å². The van der Waals surface area contributed by atoms with Crippen LogP contribution in [0.25, 0.3) is 21.8 Å². The van der Waals surface area contributed by atoms with E-state index in [-0.39, 0.29) is 0 Å². The first-order valence-corrected chi connectivity index (χ1v) is 7.06. The average Bonchev–Trinajstić information content (AvgIpc) is 3.16. The largest absolute Gasteiger partial charge is 0.360 e. The molecule has 0 unspecified atom stereocenters. The molecule has 0 fully saturated rings. The molecular weight excluding hydrogens is 268 g/mol. The highest BCUT2D eigenvalue weighted by atomic mass is 14.7. The SMILES string of the molecule is C(C#Cc1c[nH]c2ccccc12)#Cc1c[nH]c2ccccc12. The van der Waals surface area contributed by atoms with Gasteiger partial charge in [0.05, 0.1) is 11.1 Å². The lowest BCUT2D eigenvalue weighted by molar-refractivity contribution is 1.47. The molecule has 0 bridgehead atoms. The highest BCUT2D eigenvalue weighted by Crippen LogP contribution is 2.17. The van der Waals surface area contributed by atoms with Crippen LogP contribution in [-0.4, -0.2) is 9.97 Å². The summed E-state index contributed by atoms with van der Waals surface area (Å²) in [5.41, 5.74) is 4.14. The Labute approximate surface area is 128 Å². The molecular formula is C20H12N2. The molecule has 0 spiro atoms. The minimum absolute atomic E-state index is 0.976. The summed E-state index contributed by atoms with van der Waals surface area (Å²) in [6.45, 7) is 0. The summed E-state index contributed by atoms with van der Waals surface area (Å²) < 4.78 is 0. The van der Waals surface area contributed by atoms with E-state index in [4.69, 9.17) is 0 Å². The summed E-state index contributed by atoms with van der Waals surface area (Å²) in [6.07, 6.45) is 3.84. The van der Waals surface area contributed by atoms with E-state index in [1.807, 2.05) is 48.8 Å². The van der Waals surface area contributed by atoms with Gasteiger partial charge in [-0.05, 0) is 24.0 Å². The third kappa shape index (κ3) is 2.14. The Kier molecular flexibility index (Phi) is 2.93. The van der Waals surface area contributed by atoms with Gasteiger partial charge in [0.1, 0.15) is 0 Å². The number of aromatic amines is 2. The van der Waals surface area contributed by atoms with Crippen LogP contribution in [0.3, 0.4) is 0 Å². The van der Waals surface area contributed by atoms with Gasteiger partial charge in [-0.2, -0.15) is 0 Å². The van der Waals surface area contributed by atoms with Crippen molar-refractivity contribution in [2.45, 2.75) is 0 Å². The molecule has 2 aromatic carbocycles. The van der Waals surface area contributed by atoms with Crippen LogP contribution in [0.4, 0.5) is 0 Å². The number of aromatic nitrogens is 2. The van der Waals surface area contributed by atoms with E-state index in [1.165, 1.54) is 0 Å². The van der Waals surface area contributed by atoms with E-state index < -0.39 is 0 Å². The number of para-hydroxylation sites is 2. The van der Waals surface area contributed by atoms with Gasteiger partial charge in [-0.1, -0.05) is 48.2 Å². The Bertz CT molecular complexity index is 998. The third-order valence-corrected chi connectivity index (χ3v) is 3.64. The van der Waals surface area contributed by atoms with Crippen LogP contribution in [0.1, 0.15) is 11.1 Å². The van der Waals surface area contributed by atoms with Crippen molar-refractivity contribution in [2.24, 2.45) is 0 Å². The zero-order valence-corrected chi connectivity index (χ0v) is 11.8. The molecule has 2 aromatic heterocycles. The van der Waals surface area contributed by atoms with Crippen LogP contribution in [-0.2, 0) is 0 Å². The van der Waals surface area contributed by atoms with Crippen molar-refractivity contribution in [2.75, 3.05) is 0 Å². The molecule has 102 valence electrons. The van der Waals surface area contributed by atoms with Gasteiger partial charge in [-0.15, -0.1) is 0 Å². The molecule has 2 heterocycles. The van der Waals surface area contributed by atoms with Crippen LogP contribution < -0.4 is 0 Å². The Morgan fingerprint density at radius 3 is 1.55 bits per heavy atom. The Morgan fingerprint density at radius 1 is 0.591 bits per heavy atom. The van der Waals surface area contributed by atoms with Crippen molar-refractivity contribution in [3.05, 3.63) is 72.1 Å². The molecule has 0 aliphatic carbocycles. The Balaban J connectivity index is 1.67. The predicted molar refractivity (Wildman–Crippen MR) is 90.4 cm³/mol. The first-order chi connectivity index (χ1) is 10.9. The smallest absolute Gasteiger partial charge is 0.0508 e. The molecule has 2 N–H and O–H groups in total. The number of benzene rings is 2. The molecule has 2 heteroatoms. The van der Waals surface area contributed by atoms with Gasteiger partial charge in [-0.25, -0.2) is 0 Å². The molecule has 4 rings (SSSR count). The molecule has 22 heavy (non-hydrogen) atoms. The molecule has 0 atom stereocenters. The molecule has 4 aromatic rings. The van der Waals surface area contributed by atoms with Crippen LogP contribution in [0, 0.1) is 23.7 Å². The number of nitrogens with one attached hydrogen (secondary N) is 2. The van der Waals surface area contributed by atoms with Gasteiger partial charge >= 0.3 is 0 Å². The summed E-state index contributed by atoms with van der Waals surface area (Å²) in [4.78, 5) is 6.42. The number of hydrogen-bond acceptors (Lipinski definition) is 0. The van der Waals surface area contributed by atoms with Crippen molar-refractivity contribution < 1.29 is 0 Å². The molecule has 0 amide bonds. The third-order valence-electron chi connectivity index (χ3n) is 3.64. The average molecular weight is 280 g/mol. The Morgan fingerprint density at radius 2 is 1.05 bits per heavy atom. The van der Waals surface area contributed by atoms with E-state index in [1.54, 1.807) is 0 Å². The molecule has 0 aliphatic heterocycles. The maximum absolute atomic E-state index is 3.21. The van der Waals surface area contributed by atoms with Crippen LogP contribution >= 0.6 is 0 Å². The first-order valence-electron chi connectivity index (χ1n) is 7.06. The zero-order chi connectivity index (χ0) is 14.8. The van der Waals surface area contributed by atoms with E-state index in [0.29, 0.717) is 0 Å². The van der Waals surface area contributed by atoms with Gasteiger partial charge in [0.25, 0.3) is 0 Å². The lowest BCUT2D eigenvalue weighted by Gasteiger charge is -1.87. The number of hydrogen-bond donors (Lipinski definition) is 2. The summed E-state index contributed by atoms with van der Waals surface area (Å²) in [5.74, 6) is 12.1. The van der Waals surface area contributed by atoms with Crippen molar-refractivity contribution in [3.8, 4) is 23.7 Å². The second kappa shape index (κ2) is 5.20. The highest BCUT2D eigenvalue weighted by molar-refractivity contribution is 5.87. The molecule has 0 radical (unpaired) electrons. The lowest BCUT2D eigenvalue weighted by Crippen LogP contribution is -1.70. The maximum Gasteiger partial charge on any atom is 0.0508 e. The standard InChI is InChI=1S/C20H12N2/c1(7-15-13-21-19-11-5-3-9-17(15)19)2-8-16-14-22-20-12-6-4-10-18(16)20/h3-6,9-14,21-22H. The van der Waals surface area contributed by atoms with E-state index in [2.05, 4.69) is 45.8 Å². The minimum atomic E-state index is 0.976. The van der Waals surface area contributed by atoms with Gasteiger partial charge in [-0.3, -0.25) is 0 Å². The summed E-state index contributed by atoms with van der Waals surface area (Å²) in [7, 11) is 0. The van der Waals surface area contributed by atoms with Gasteiger partial charge in [0.15, 0.2) is 0 Å². The summed E-state index contributed by atoms with van der Waals surface area (Å²) >= 11 is 0. The van der Waals surface area contributed by atoms with E-state index >= 15 is 0 Å². The minimum Gasteiger partial charge on any atom is -0.360 e. The topological polar surface area (TPSA) is 31.6 Å². The summed E-state index contributed by atoms with van der Waals surface area (Å²) in [6, 6.07) is 16.2. The van der Waals surface area contributed by atoms with Crippen molar-refractivity contribution >= 4 is 21.8 Å². The fourth-order valence-corrected chi connectivity index (χ4v) is 2.55. The van der Waals surface area contributed by atoms with Gasteiger partial charge in [0, 0.05) is 34.2 Å². The molecule has 2 nitrogen and oxygen atoms in total. The summed E-state index contributed by atoms with van der Waals surface area (Å²) in [5, 5.41) is 2.26. The number of rotatable bonds is 0. The molecule has 0 saturated carbocycles. The quantitative estimate of drug-likeness (QED) is 0.455. The second-order valence-electron chi connectivity index (χ2n) is 5.00. The highest BCUT2D eigenvalue weighted by Gasteiger charge is 1.99. The monoisotopic (exact) mass is 280 g/mol. The van der Waals surface area contributed by atoms with Crippen LogP contribution in [0.15, 0.2) is 60.9 Å². The number of fused-ring (bicyclic) bond motifs is 2. The number of H-pyrrole nitrogens is 2. The van der Waals surface area contributed by atoms with Crippen molar-refractivity contribution in [1.82, 2.24) is 9.97 Å². The Hall–Kier alpha value is -3.36. The van der Waals surface area contributed by atoms with Gasteiger partial charge in [0.2, 0.25) is 0 Å². The zero-order valence-electron chi connectivity index (χ0n) is 11.8. The fourth-order valence-electron chi connectivity index (χ4n) is 2.55. The van der Waals surface area contributed by atoms with Crippen molar-refractivity contribution in [1.29, 1.82) is 0 Å². The first kappa shape index (κ1) is 12.4. The second-order valence-corrected chi connectivity index (χ2v) is 5.00. The molecule has 0 aliphatic rings. The normalized spacial score (nSPS) is 10.0. The lowest BCUT2D eigenvalue weighted by atomic mass is 10.2. The van der Waals surface area contributed by atoms with E-state index in [9.17, 15) is 0 Å². The molecule has 0 saturated heterocycles. The fraction of sp³-hybridized carbons (Fsp3) is 0. The maximum atomic E-state index is 3.21. The predicted octanol–water partition coefficient (Wildman–Crippen LogP) is 4.05.